The van der Waals surface area contributed by atoms with Crippen molar-refractivity contribution in [2.24, 2.45) is 5.92 Å². The van der Waals surface area contributed by atoms with Gasteiger partial charge in [0, 0.05) is 34.4 Å². The zero-order valence-electron chi connectivity index (χ0n) is 9.00. The summed E-state index contributed by atoms with van der Waals surface area (Å²) >= 11 is 0. The van der Waals surface area contributed by atoms with Crippen LogP contribution in [0.5, 0.6) is 0 Å². The normalized spacial score (nSPS) is 36.4. The van der Waals surface area contributed by atoms with Crippen molar-refractivity contribution in [3.05, 3.63) is 0 Å². The van der Waals surface area contributed by atoms with Gasteiger partial charge in [0.2, 0.25) is 0 Å². The van der Waals surface area contributed by atoms with Crippen LogP contribution in [-0.4, -0.2) is 27.8 Å². The van der Waals surface area contributed by atoms with Crippen LogP contribution in [0, 0.1) is 5.92 Å². The molecule has 2 rings (SSSR count). The van der Waals surface area contributed by atoms with Crippen molar-refractivity contribution in [2.75, 3.05) is 11.5 Å². The molecular weight excluding hydrogens is 194 g/mol. The first-order valence-corrected chi connectivity index (χ1v) is 7.35. The van der Waals surface area contributed by atoms with Crippen LogP contribution >= 0.6 is 0 Å². The van der Waals surface area contributed by atoms with E-state index in [9.17, 15) is 4.21 Å². The molecule has 1 heterocycles. The highest BCUT2D eigenvalue weighted by molar-refractivity contribution is 7.85. The maximum absolute atomic E-state index is 11.2. The summed E-state index contributed by atoms with van der Waals surface area (Å²) in [6.45, 7) is 2.31. The Balaban J connectivity index is 1.71. The first-order valence-electron chi connectivity index (χ1n) is 5.87. The zero-order valence-corrected chi connectivity index (χ0v) is 9.81. The molecular formula is C11H21NOS. The maximum atomic E-state index is 11.2. The Bertz CT molecular complexity index is 205. The highest BCUT2D eigenvalue weighted by Gasteiger charge is 2.26. The summed E-state index contributed by atoms with van der Waals surface area (Å²) in [4.78, 5) is 0. The van der Waals surface area contributed by atoms with Crippen molar-refractivity contribution in [3.63, 3.8) is 0 Å². The van der Waals surface area contributed by atoms with Crippen LogP contribution in [0.4, 0.5) is 0 Å². The molecule has 0 amide bonds. The van der Waals surface area contributed by atoms with E-state index >= 15 is 0 Å². The fraction of sp³-hybridized carbons (Fsp3) is 1.00. The molecule has 1 aliphatic heterocycles. The molecule has 0 bridgehead atoms. The van der Waals surface area contributed by atoms with Gasteiger partial charge in [-0.25, -0.2) is 0 Å². The van der Waals surface area contributed by atoms with Crippen LogP contribution in [-0.2, 0) is 10.8 Å². The van der Waals surface area contributed by atoms with Gasteiger partial charge in [-0.2, -0.15) is 0 Å². The Kier molecular flexibility index (Phi) is 3.61. The standard InChI is InChI=1S/C11H21NOS/c1-9(10-3-2-4-10)12-11-5-7-14(13)8-6-11/h9-12H,2-8H2,1H3. The average molecular weight is 215 g/mol. The van der Waals surface area contributed by atoms with E-state index in [1.807, 2.05) is 0 Å². The fourth-order valence-corrected chi connectivity index (χ4v) is 3.71. The highest BCUT2D eigenvalue weighted by atomic mass is 32.2. The number of nitrogens with one attached hydrogen (secondary N) is 1. The monoisotopic (exact) mass is 215 g/mol. The zero-order chi connectivity index (χ0) is 9.97. The van der Waals surface area contributed by atoms with E-state index in [1.54, 1.807) is 0 Å². The molecule has 1 aliphatic carbocycles. The molecule has 2 nitrogen and oxygen atoms in total. The maximum Gasteiger partial charge on any atom is 0.0249 e. The fourth-order valence-electron chi connectivity index (χ4n) is 2.41. The molecule has 3 heteroatoms. The quantitative estimate of drug-likeness (QED) is 0.776. The van der Waals surface area contributed by atoms with E-state index in [-0.39, 0.29) is 0 Å². The van der Waals surface area contributed by atoms with Crippen LogP contribution in [0.2, 0.25) is 0 Å². The van der Waals surface area contributed by atoms with E-state index in [2.05, 4.69) is 12.2 Å². The topological polar surface area (TPSA) is 29.1 Å². The van der Waals surface area contributed by atoms with E-state index in [1.165, 1.54) is 19.3 Å². The Hall–Kier alpha value is 0.110. The molecule has 0 aromatic carbocycles. The summed E-state index contributed by atoms with van der Waals surface area (Å²) in [5, 5.41) is 3.71. The van der Waals surface area contributed by atoms with Gasteiger partial charge in [-0.15, -0.1) is 0 Å². The van der Waals surface area contributed by atoms with Crippen molar-refractivity contribution >= 4 is 10.8 Å². The third-order valence-electron chi connectivity index (χ3n) is 3.74. The van der Waals surface area contributed by atoms with Crippen molar-refractivity contribution in [2.45, 2.75) is 51.1 Å². The molecule has 0 aromatic rings. The molecule has 1 N–H and O–H groups in total. The Morgan fingerprint density at radius 1 is 1.21 bits per heavy atom. The minimum Gasteiger partial charge on any atom is -0.311 e. The second-order valence-electron chi connectivity index (χ2n) is 4.77. The molecule has 1 saturated heterocycles. The molecule has 14 heavy (non-hydrogen) atoms. The molecule has 0 aromatic heterocycles. The summed E-state index contributed by atoms with van der Waals surface area (Å²) in [5.41, 5.74) is 0. The Labute approximate surface area is 89.3 Å². The molecule has 2 aliphatic rings. The number of hydrogen-bond acceptors (Lipinski definition) is 2. The predicted octanol–water partition coefficient (Wildman–Crippen LogP) is 1.68. The summed E-state index contributed by atoms with van der Waals surface area (Å²) in [5.74, 6) is 2.74. The van der Waals surface area contributed by atoms with E-state index in [0.717, 1.165) is 30.3 Å². The average Bonchev–Trinajstić information content (AvgIpc) is 2.06. The van der Waals surface area contributed by atoms with Crippen LogP contribution < -0.4 is 5.32 Å². The highest BCUT2D eigenvalue weighted by Crippen LogP contribution is 2.29. The lowest BCUT2D eigenvalue weighted by Gasteiger charge is -2.35. The van der Waals surface area contributed by atoms with Crippen LogP contribution in [0.3, 0.4) is 0 Å². The smallest absolute Gasteiger partial charge is 0.0249 e. The van der Waals surface area contributed by atoms with Gasteiger partial charge in [-0.1, -0.05) is 6.42 Å². The van der Waals surface area contributed by atoms with Gasteiger partial charge in [0.25, 0.3) is 0 Å². The van der Waals surface area contributed by atoms with Crippen molar-refractivity contribution in [3.8, 4) is 0 Å². The van der Waals surface area contributed by atoms with Crippen LogP contribution in [0.1, 0.15) is 39.0 Å². The van der Waals surface area contributed by atoms with Crippen molar-refractivity contribution in [1.82, 2.24) is 5.32 Å². The van der Waals surface area contributed by atoms with Gasteiger partial charge in [0.15, 0.2) is 0 Å². The lowest BCUT2D eigenvalue weighted by molar-refractivity contribution is 0.223. The predicted molar refractivity (Wildman–Crippen MR) is 60.8 cm³/mol. The van der Waals surface area contributed by atoms with Gasteiger partial charge in [-0.05, 0) is 38.5 Å². The van der Waals surface area contributed by atoms with Gasteiger partial charge < -0.3 is 5.32 Å². The molecule has 1 unspecified atom stereocenters. The summed E-state index contributed by atoms with van der Waals surface area (Å²) in [6.07, 6.45) is 6.47. The van der Waals surface area contributed by atoms with Crippen LogP contribution in [0.25, 0.3) is 0 Å². The number of rotatable bonds is 3. The number of hydrogen-bond donors (Lipinski definition) is 1. The van der Waals surface area contributed by atoms with Gasteiger partial charge in [-0.3, -0.25) is 4.21 Å². The van der Waals surface area contributed by atoms with Crippen LogP contribution in [0.15, 0.2) is 0 Å². The third kappa shape index (κ3) is 2.57. The van der Waals surface area contributed by atoms with Gasteiger partial charge in [0.05, 0.1) is 0 Å². The summed E-state index contributed by atoms with van der Waals surface area (Å²) in [6, 6.07) is 1.32. The molecule has 2 fully saturated rings. The Morgan fingerprint density at radius 3 is 2.36 bits per heavy atom. The largest absolute Gasteiger partial charge is 0.311 e. The summed E-state index contributed by atoms with van der Waals surface area (Å²) < 4.78 is 11.2. The minimum absolute atomic E-state index is 0.514. The third-order valence-corrected chi connectivity index (χ3v) is 5.13. The van der Waals surface area contributed by atoms with E-state index in [0.29, 0.717) is 12.1 Å². The Morgan fingerprint density at radius 2 is 1.86 bits per heavy atom. The van der Waals surface area contributed by atoms with Gasteiger partial charge in [0.1, 0.15) is 0 Å². The SMILES string of the molecule is CC(NC1CCS(=O)CC1)C1CCC1. The second-order valence-corrected chi connectivity index (χ2v) is 6.46. The molecule has 1 atom stereocenters. The second kappa shape index (κ2) is 4.75. The molecule has 0 radical (unpaired) electrons. The first kappa shape index (κ1) is 10.6. The van der Waals surface area contributed by atoms with Crippen molar-refractivity contribution < 1.29 is 4.21 Å². The lowest BCUT2D eigenvalue weighted by Crippen LogP contribution is -2.45. The first-order chi connectivity index (χ1) is 6.75. The summed E-state index contributed by atoms with van der Waals surface area (Å²) in [7, 11) is -0.514. The molecule has 82 valence electrons. The minimum atomic E-state index is -0.514. The van der Waals surface area contributed by atoms with Gasteiger partial charge >= 0.3 is 0 Å². The molecule has 1 saturated carbocycles. The van der Waals surface area contributed by atoms with E-state index < -0.39 is 10.8 Å². The van der Waals surface area contributed by atoms with Crippen molar-refractivity contribution in [1.29, 1.82) is 0 Å². The van der Waals surface area contributed by atoms with E-state index in [4.69, 9.17) is 0 Å². The molecule has 0 spiro atoms. The lowest BCUT2D eigenvalue weighted by atomic mass is 9.80.